The maximum atomic E-state index is 9.30. The number of aliphatic hydroxyl groups is 1. The number of piperidine rings is 1. The molecule has 0 aromatic heterocycles. The molecule has 3 nitrogen and oxygen atoms in total. The fourth-order valence-corrected chi connectivity index (χ4v) is 2.45. The van der Waals surface area contributed by atoms with Crippen LogP contribution in [0.25, 0.3) is 0 Å². The molecule has 0 bridgehead atoms. The summed E-state index contributed by atoms with van der Waals surface area (Å²) in [6, 6.07) is 0.376. The van der Waals surface area contributed by atoms with Crippen LogP contribution < -0.4 is 0 Å². The molecule has 2 aliphatic heterocycles. The predicted molar refractivity (Wildman–Crippen MR) is 59.8 cm³/mol. The number of aliphatic hydroxyl groups excluding tert-OH is 1. The summed E-state index contributed by atoms with van der Waals surface area (Å²) in [4.78, 5) is 2.41. The van der Waals surface area contributed by atoms with Gasteiger partial charge in [0, 0.05) is 12.6 Å². The zero-order valence-electron chi connectivity index (χ0n) is 9.32. The van der Waals surface area contributed by atoms with E-state index in [0.29, 0.717) is 12.6 Å². The zero-order chi connectivity index (χ0) is 10.5. The Hall–Kier alpha value is -0.380. The van der Waals surface area contributed by atoms with Gasteiger partial charge in [0.05, 0.1) is 19.8 Å². The fourth-order valence-electron chi connectivity index (χ4n) is 2.45. The van der Waals surface area contributed by atoms with Gasteiger partial charge in [-0.3, -0.25) is 4.90 Å². The highest BCUT2D eigenvalue weighted by molar-refractivity contribution is 5.08. The summed E-state index contributed by atoms with van der Waals surface area (Å²) in [5.41, 5.74) is 1.39. The molecule has 0 aromatic carbocycles. The standard InChI is InChI=1S/C12H21NO2/c14-9-12-5-1-2-6-13(12)8-11-4-3-7-15-10-11/h4,12,14H,1-3,5-10H2. The van der Waals surface area contributed by atoms with Crippen molar-refractivity contribution in [3.8, 4) is 0 Å². The van der Waals surface area contributed by atoms with Gasteiger partial charge in [0.2, 0.25) is 0 Å². The van der Waals surface area contributed by atoms with E-state index < -0.39 is 0 Å². The molecule has 0 amide bonds. The Morgan fingerprint density at radius 2 is 2.40 bits per heavy atom. The molecule has 0 aromatic rings. The summed E-state index contributed by atoms with van der Waals surface area (Å²) >= 11 is 0. The lowest BCUT2D eigenvalue weighted by Gasteiger charge is -2.35. The lowest BCUT2D eigenvalue weighted by atomic mass is 10.0. The van der Waals surface area contributed by atoms with Gasteiger partial charge in [0.25, 0.3) is 0 Å². The summed E-state index contributed by atoms with van der Waals surface area (Å²) in [5, 5.41) is 9.30. The number of nitrogens with zero attached hydrogens (tertiary/aromatic N) is 1. The molecule has 1 fully saturated rings. The minimum Gasteiger partial charge on any atom is -0.395 e. The second kappa shape index (κ2) is 5.64. The van der Waals surface area contributed by atoms with E-state index in [9.17, 15) is 5.11 Å². The molecule has 1 unspecified atom stereocenters. The van der Waals surface area contributed by atoms with Crippen molar-refractivity contribution in [1.82, 2.24) is 4.90 Å². The SMILES string of the molecule is OCC1CCCCN1CC1=CCCOC1. The van der Waals surface area contributed by atoms with Crippen LogP contribution in [0.4, 0.5) is 0 Å². The van der Waals surface area contributed by atoms with Crippen LogP contribution in [-0.2, 0) is 4.74 Å². The molecule has 1 N–H and O–H groups in total. The van der Waals surface area contributed by atoms with E-state index in [2.05, 4.69) is 11.0 Å². The van der Waals surface area contributed by atoms with Gasteiger partial charge in [-0.15, -0.1) is 0 Å². The van der Waals surface area contributed by atoms with Gasteiger partial charge in [-0.1, -0.05) is 12.5 Å². The molecule has 0 spiro atoms. The van der Waals surface area contributed by atoms with Gasteiger partial charge in [-0.05, 0) is 31.4 Å². The number of likely N-dealkylation sites (tertiary alicyclic amines) is 1. The van der Waals surface area contributed by atoms with Crippen LogP contribution in [-0.4, -0.2) is 49.0 Å². The molecule has 0 aliphatic carbocycles. The Bertz CT molecular complexity index is 228. The van der Waals surface area contributed by atoms with E-state index in [1.165, 1.54) is 18.4 Å². The van der Waals surface area contributed by atoms with Crippen molar-refractivity contribution < 1.29 is 9.84 Å². The number of ether oxygens (including phenoxy) is 1. The van der Waals surface area contributed by atoms with Crippen LogP contribution in [0.5, 0.6) is 0 Å². The molecule has 15 heavy (non-hydrogen) atoms. The molecular formula is C12H21NO2. The molecule has 86 valence electrons. The van der Waals surface area contributed by atoms with Crippen molar-refractivity contribution in [2.24, 2.45) is 0 Å². The van der Waals surface area contributed by atoms with Crippen molar-refractivity contribution >= 4 is 0 Å². The lowest BCUT2D eigenvalue weighted by molar-refractivity contribution is 0.0876. The third-order valence-electron chi connectivity index (χ3n) is 3.35. The number of hydrogen-bond donors (Lipinski definition) is 1. The average Bonchev–Trinajstić information content (AvgIpc) is 2.31. The third-order valence-corrected chi connectivity index (χ3v) is 3.35. The molecule has 0 radical (unpaired) electrons. The monoisotopic (exact) mass is 211 g/mol. The summed E-state index contributed by atoms with van der Waals surface area (Å²) in [5.74, 6) is 0. The second-order valence-corrected chi connectivity index (χ2v) is 4.51. The van der Waals surface area contributed by atoms with Gasteiger partial charge < -0.3 is 9.84 Å². The van der Waals surface area contributed by atoms with Crippen LogP contribution in [0.15, 0.2) is 11.6 Å². The Balaban J connectivity index is 1.88. The molecule has 2 aliphatic rings. The average molecular weight is 211 g/mol. The van der Waals surface area contributed by atoms with Crippen molar-refractivity contribution in [1.29, 1.82) is 0 Å². The summed E-state index contributed by atoms with van der Waals surface area (Å²) in [7, 11) is 0. The largest absolute Gasteiger partial charge is 0.395 e. The Labute approximate surface area is 91.7 Å². The van der Waals surface area contributed by atoms with Crippen molar-refractivity contribution in [3.05, 3.63) is 11.6 Å². The van der Waals surface area contributed by atoms with E-state index in [1.807, 2.05) is 0 Å². The van der Waals surface area contributed by atoms with Crippen LogP contribution >= 0.6 is 0 Å². The van der Waals surface area contributed by atoms with Crippen LogP contribution in [0.2, 0.25) is 0 Å². The topological polar surface area (TPSA) is 32.7 Å². The van der Waals surface area contributed by atoms with Crippen molar-refractivity contribution in [3.63, 3.8) is 0 Å². The highest BCUT2D eigenvalue weighted by Gasteiger charge is 2.22. The summed E-state index contributed by atoms with van der Waals surface area (Å²) < 4.78 is 5.44. The first-order chi connectivity index (χ1) is 7.40. The Kier molecular flexibility index (Phi) is 4.18. The quantitative estimate of drug-likeness (QED) is 0.712. The van der Waals surface area contributed by atoms with Gasteiger partial charge in [0.15, 0.2) is 0 Å². The zero-order valence-corrected chi connectivity index (χ0v) is 9.32. The van der Waals surface area contributed by atoms with Crippen molar-refractivity contribution in [2.45, 2.75) is 31.7 Å². The normalized spacial score (nSPS) is 28.9. The van der Waals surface area contributed by atoms with E-state index >= 15 is 0 Å². The Morgan fingerprint density at radius 3 is 3.13 bits per heavy atom. The smallest absolute Gasteiger partial charge is 0.0689 e. The van der Waals surface area contributed by atoms with Gasteiger partial charge >= 0.3 is 0 Å². The predicted octanol–water partition coefficient (Wildman–Crippen LogP) is 1.18. The van der Waals surface area contributed by atoms with Crippen LogP contribution in [0.3, 0.4) is 0 Å². The Morgan fingerprint density at radius 1 is 1.47 bits per heavy atom. The molecule has 2 rings (SSSR count). The molecule has 2 heterocycles. The first-order valence-electron chi connectivity index (χ1n) is 6.00. The van der Waals surface area contributed by atoms with E-state index in [0.717, 1.165) is 39.1 Å². The molecule has 1 atom stereocenters. The number of hydrogen-bond acceptors (Lipinski definition) is 3. The lowest BCUT2D eigenvalue weighted by Crippen LogP contribution is -2.43. The number of rotatable bonds is 3. The highest BCUT2D eigenvalue weighted by Crippen LogP contribution is 2.18. The minimum absolute atomic E-state index is 0.300. The molecule has 0 saturated carbocycles. The van der Waals surface area contributed by atoms with E-state index in [1.54, 1.807) is 0 Å². The molecular weight excluding hydrogens is 190 g/mol. The molecule has 3 heteroatoms. The fraction of sp³-hybridized carbons (Fsp3) is 0.833. The van der Waals surface area contributed by atoms with Crippen LogP contribution in [0.1, 0.15) is 25.7 Å². The maximum Gasteiger partial charge on any atom is 0.0689 e. The van der Waals surface area contributed by atoms with Gasteiger partial charge in [-0.25, -0.2) is 0 Å². The first-order valence-corrected chi connectivity index (χ1v) is 6.00. The van der Waals surface area contributed by atoms with Crippen molar-refractivity contribution in [2.75, 3.05) is 32.9 Å². The molecule has 1 saturated heterocycles. The minimum atomic E-state index is 0.300. The van der Waals surface area contributed by atoms with Gasteiger partial charge in [0.1, 0.15) is 0 Å². The third kappa shape index (κ3) is 3.03. The van der Waals surface area contributed by atoms with Crippen LogP contribution in [0, 0.1) is 0 Å². The maximum absolute atomic E-state index is 9.30. The van der Waals surface area contributed by atoms with E-state index in [4.69, 9.17) is 4.74 Å². The van der Waals surface area contributed by atoms with E-state index in [-0.39, 0.29) is 0 Å². The summed E-state index contributed by atoms with van der Waals surface area (Å²) in [6.45, 7) is 4.07. The summed E-state index contributed by atoms with van der Waals surface area (Å²) in [6.07, 6.45) is 7.02. The van der Waals surface area contributed by atoms with Gasteiger partial charge in [-0.2, -0.15) is 0 Å². The highest BCUT2D eigenvalue weighted by atomic mass is 16.5. The first kappa shape index (κ1) is 11.1. The second-order valence-electron chi connectivity index (χ2n) is 4.51.